The summed E-state index contributed by atoms with van der Waals surface area (Å²) in [6.07, 6.45) is 2.90. The van der Waals surface area contributed by atoms with Crippen LogP contribution in [0.25, 0.3) is 0 Å². The standard InChI is InChI=1S/C16H28N2O2S/c1-6-8-10-18(5)21(19,20)16-13(3)11-15(12-14(16)4)17-9-7-2/h11-12,17H,6-10H2,1-5H3. The monoisotopic (exact) mass is 312 g/mol. The molecule has 0 aliphatic rings. The van der Waals surface area contributed by atoms with Crippen LogP contribution < -0.4 is 5.32 Å². The zero-order valence-electron chi connectivity index (χ0n) is 13.9. The molecule has 0 saturated carbocycles. The molecule has 1 aromatic carbocycles. The van der Waals surface area contributed by atoms with Crippen molar-refractivity contribution >= 4 is 15.7 Å². The van der Waals surface area contributed by atoms with E-state index in [9.17, 15) is 8.42 Å². The van der Waals surface area contributed by atoms with Gasteiger partial charge in [-0.2, -0.15) is 0 Å². The molecule has 0 spiro atoms. The Morgan fingerprint density at radius 1 is 1.10 bits per heavy atom. The summed E-state index contributed by atoms with van der Waals surface area (Å²) < 4.78 is 26.9. The fraction of sp³-hybridized carbons (Fsp3) is 0.625. The number of nitrogens with one attached hydrogen (secondary N) is 1. The van der Waals surface area contributed by atoms with Crippen LogP contribution in [0, 0.1) is 13.8 Å². The molecule has 0 aliphatic heterocycles. The van der Waals surface area contributed by atoms with Gasteiger partial charge in [-0.25, -0.2) is 12.7 Å². The lowest BCUT2D eigenvalue weighted by Gasteiger charge is -2.20. The van der Waals surface area contributed by atoms with E-state index in [2.05, 4.69) is 19.2 Å². The van der Waals surface area contributed by atoms with Crippen molar-refractivity contribution in [1.29, 1.82) is 0 Å². The summed E-state index contributed by atoms with van der Waals surface area (Å²) in [6, 6.07) is 3.84. The van der Waals surface area contributed by atoms with Crippen molar-refractivity contribution in [2.75, 3.05) is 25.5 Å². The maximum Gasteiger partial charge on any atom is 0.243 e. The molecule has 0 radical (unpaired) electrons. The summed E-state index contributed by atoms with van der Waals surface area (Å²) in [4.78, 5) is 0.447. The Hall–Kier alpha value is -1.07. The molecule has 0 bridgehead atoms. The van der Waals surface area contributed by atoms with Crippen LogP contribution >= 0.6 is 0 Å². The summed E-state index contributed by atoms with van der Waals surface area (Å²) >= 11 is 0. The summed E-state index contributed by atoms with van der Waals surface area (Å²) in [5, 5.41) is 3.31. The van der Waals surface area contributed by atoms with Gasteiger partial charge < -0.3 is 5.32 Å². The SMILES string of the molecule is CCCCN(C)S(=O)(=O)c1c(C)cc(NCCC)cc1C. The van der Waals surface area contributed by atoms with Gasteiger partial charge in [-0.1, -0.05) is 20.3 Å². The topological polar surface area (TPSA) is 49.4 Å². The highest BCUT2D eigenvalue weighted by Gasteiger charge is 2.24. The Kier molecular flexibility index (Phi) is 6.68. The normalized spacial score (nSPS) is 11.9. The van der Waals surface area contributed by atoms with Crippen molar-refractivity contribution in [2.24, 2.45) is 0 Å². The van der Waals surface area contributed by atoms with E-state index in [0.717, 1.165) is 42.6 Å². The maximum atomic E-state index is 12.7. The molecule has 1 aromatic rings. The van der Waals surface area contributed by atoms with Gasteiger partial charge in [0.2, 0.25) is 10.0 Å². The molecular formula is C16H28N2O2S. The van der Waals surface area contributed by atoms with E-state index in [1.54, 1.807) is 7.05 Å². The van der Waals surface area contributed by atoms with Crippen molar-refractivity contribution < 1.29 is 8.42 Å². The number of anilines is 1. The zero-order chi connectivity index (χ0) is 16.0. The van der Waals surface area contributed by atoms with Crippen LogP contribution in [0.1, 0.15) is 44.2 Å². The molecule has 0 heterocycles. The second-order valence-electron chi connectivity index (χ2n) is 5.55. The van der Waals surface area contributed by atoms with Gasteiger partial charge in [-0.05, 0) is 49.9 Å². The lowest BCUT2D eigenvalue weighted by molar-refractivity contribution is 0.458. The molecule has 0 aromatic heterocycles. The van der Waals surface area contributed by atoms with E-state index in [1.807, 2.05) is 26.0 Å². The minimum absolute atomic E-state index is 0.447. The first-order valence-corrected chi connectivity index (χ1v) is 9.10. The highest BCUT2D eigenvalue weighted by molar-refractivity contribution is 7.89. The van der Waals surface area contributed by atoms with Crippen LogP contribution in [0.3, 0.4) is 0 Å². The van der Waals surface area contributed by atoms with E-state index >= 15 is 0 Å². The van der Waals surface area contributed by atoms with Crippen LogP contribution in [-0.2, 0) is 10.0 Å². The fourth-order valence-corrected chi connectivity index (χ4v) is 4.00. The summed E-state index contributed by atoms with van der Waals surface area (Å²) in [6.45, 7) is 9.35. The van der Waals surface area contributed by atoms with Crippen molar-refractivity contribution in [2.45, 2.75) is 51.9 Å². The minimum atomic E-state index is -3.40. The Morgan fingerprint density at radius 3 is 2.14 bits per heavy atom. The van der Waals surface area contributed by atoms with E-state index in [-0.39, 0.29) is 0 Å². The molecule has 0 aliphatic carbocycles. The first kappa shape index (κ1) is 18.0. The largest absolute Gasteiger partial charge is 0.385 e. The number of nitrogens with zero attached hydrogens (tertiary/aromatic N) is 1. The fourth-order valence-electron chi connectivity index (χ4n) is 2.39. The minimum Gasteiger partial charge on any atom is -0.385 e. The molecule has 1 N–H and O–H groups in total. The molecule has 21 heavy (non-hydrogen) atoms. The molecule has 1 rings (SSSR count). The number of sulfonamides is 1. The van der Waals surface area contributed by atoms with E-state index < -0.39 is 10.0 Å². The van der Waals surface area contributed by atoms with E-state index in [4.69, 9.17) is 0 Å². The van der Waals surface area contributed by atoms with Gasteiger partial charge >= 0.3 is 0 Å². The molecule has 0 saturated heterocycles. The van der Waals surface area contributed by atoms with Gasteiger partial charge in [-0.3, -0.25) is 0 Å². The van der Waals surface area contributed by atoms with Gasteiger partial charge in [0.05, 0.1) is 4.90 Å². The number of hydrogen-bond donors (Lipinski definition) is 1. The average Bonchev–Trinajstić information content (AvgIpc) is 2.41. The van der Waals surface area contributed by atoms with Crippen molar-refractivity contribution in [3.63, 3.8) is 0 Å². The van der Waals surface area contributed by atoms with Crippen LogP contribution in [-0.4, -0.2) is 32.9 Å². The number of rotatable bonds is 8. The molecular weight excluding hydrogens is 284 g/mol. The Morgan fingerprint density at radius 2 is 1.67 bits per heavy atom. The van der Waals surface area contributed by atoms with Gasteiger partial charge in [0.25, 0.3) is 0 Å². The Bertz CT molecular complexity index is 545. The first-order chi connectivity index (χ1) is 9.84. The van der Waals surface area contributed by atoms with Crippen molar-refractivity contribution in [3.05, 3.63) is 23.3 Å². The van der Waals surface area contributed by atoms with E-state index in [0.29, 0.717) is 11.4 Å². The summed E-state index contributed by atoms with van der Waals surface area (Å²) in [5.74, 6) is 0. The molecule has 5 heteroatoms. The lowest BCUT2D eigenvalue weighted by Crippen LogP contribution is -2.29. The third-order valence-electron chi connectivity index (χ3n) is 3.53. The number of unbranched alkanes of at least 4 members (excludes halogenated alkanes) is 1. The summed E-state index contributed by atoms with van der Waals surface area (Å²) in [5.41, 5.74) is 2.59. The molecule has 0 atom stereocenters. The third-order valence-corrected chi connectivity index (χ3v) is 5.70. The van der Waals surface area contributed by atoms with Crippen LogP contribution in [0.4, 0.5) is 5.69 Å². The molecule has 120 valence electrons. The maximum absolute atomic E-state index is 12.7. The van der Waals surface area contributed by atoms with Gasteiger partial charge in [0.1, 0.15) is 0 Å². The predicted octanol–water partition coefficient (Wildman–Crippen LogP) is 3.55. The zero-order valence-corrected chi connectivity index (χ0v) is 14.7. The van der Waals surface area contributed by atoms with Crippen LogP contribution in [0.5, 0.6) is 0 Å². The Balaban J connectivity index is 3.12. The van der Waals surface area contributed by atoms with Crippen LogP contribution in [0.2, 0.25) is 0 Å². The lowest BCUT2D eigenvalue weighted by atomic mass is 10.1. The van der Waals surface area contributed by atoms with Crippen molar-refractivity contribution in [3.8, 4) is 0 Å². The molecule has 0 unspecified atom stereocenters. The second kappa shape index (κ2) is 7.80. The van der Waals surface area contributed by atoms with Gasteiger partial charge in [0, 0.05) is 25.8 Å². The van der Waals surface area contributed by atoms with Crippen LogP contribution in [0.15, 0.2) is 17.0 Å². The quantitative estimate of drug-likeness (QED) is 0.798. The van der Waals surface area contributed by atoms with E-state index in [1.165, 1.54) is 4.31 Å². The summed E-state index contributed by atoms with van der Waals surface area (Å²) in [7, 11) is -1.74. The number of benzene rings is 1. The van der Waals surface area contributed by atoms with Gasteiger partial charge in [0.15, 0.2) is 0 Å². The molecule has 0 amide bonds. The number of hydrogen-bond acceptors (Lipinski definition) is 3. The second-order valence-corrected chi connectivity index (χ2v) is 7.53. The van der Waals surface area contributed by atoms with Crippen molar-refractivity contribution in [1.82, 2.24) is 4.31 Å². The predicted molar refractivity (Wildman–Crippen MR) is 89.4 cm³/mol. The van der Waals surface area contributed by atoms with Gasteiger partial charge in [-0.15, -0.1) is 0 Å². The first-order valence-electron chi connectivity index (χ1n) is 7.66. The Labute approximate surface area is 129 Å². The number of aryl methyl sites for hydroxylation is 2. The third kappa shape index (κ3) is 4.45. The molecule has 4 nitrogen and oxygen atoms in total. The highest BCUT2D eigenvalue weighted by Crippen LogP contribution is 2.27. The average molecular weight is 312 g/mol. The highest BCUT2D eigenvalue weighted by atomic mass is 32.2. The molecule has 0 fully saturated rings. The smallest absolute Gasteiger partial charge is 0.243 e.